The molecule has 4 heteroatoms. The van der Waals surface area contributed by atoms with Gasteiger partial charge in [0, 0.05) is 0 Å². The normalized spacial score (nSPS) is 13.1. The highest BCUT2D eigenvalue weighted by Gasteiger charge is 2.42. The number of rotatable bonds is 6. The molecule has 0 fully saturated rings. The smallest absolute Gasteiger partial charge is 0.250 e. The van der Waals surface area contributed by atoms with Crippen LogP contribution in [0.5, 0.6) is 11.5 Å². The van der Waals surface area contributed by atoms with E-state index in [0.29, 0.717) is 0 Å². The fraction of sp³-hybridized carbons (Fsp3) is 0.462. The van der Waals surface area contributed by atoms with Gasteiger partial charge in [-0.3, -0.25) is 0 Å². The third-order valence-electron chi connectivity index (χ3n) is 6.78. The van der Waals surface area contributed by atoms with Gasteiger partial charge in [0.1, 0.15) is 11.5 Å². The monoisotopic (exact) mass is 440 g/mol. The summed E-state index contributed by atoms with van der Waals surface area (Å²) in [6, 6.07) is 14.7. The summed E-state index contributed by atoms with van der Waals surface area (Å²) in [5, 5.41) is 0.228. The third-order valence-corrected chi connectivity index (χ3v) is 15.5. The fourth-order valence-electron chi connectivity index (χ4n) is 2.63. The number of hydrogen-bond donors (Lipinski definition) is 0. The Labute approximate surface area is 186 Å². The molecule has 0 spiro atoms. The molecule has 0 unspecified atom stereocenters. The third kappa shape index (κ3) is 5.27. The maximum atomic E-state index is 6.80. The van der Waals surface area contributed by atoms with Crippen molar-refractivity contribution in [2.24, 2.45) is 0 Å². The Morgan fingerprint density at radius 3 is 1.73 bits per heavy atom. The molecule has 0 radical (unpaired) electrons. The van der Waals surface area contributed by atoms with Gasteiger partial charge in [0.05, 0.1) is 0 Å². The van der Waals surface area contributed by atoms with Crippen LogP contribution in [0.2, 0.25) is 36.3 Å². The molecule has 2 rings (SSSR count). The minimum absolute atomic E-state index is 0.107. The predicted octanol–water partition coefficient (Wildman–Crippen LogP) is 8.76. The SMILES string of the molecule is C=Cc1ccccc1-c1ccc(O[Si](C)(C)C(C)(C)C)c(O[Si](C)(C)C(C)(C)C)c1. The van der Waals surface area contributed by atoms with Crippen LogP contribution in [0.4, 0.5) is 0 Å². The number of benzene rings is 2. The van der Waals surface area contributed by atoms with Crippen LogP contribution in [0.15, 0.2) is 49.0 Å². The molecule has 2 nitrogen and oxygen atoms in total. The molecule has 0 heterocycles. The van der Waals surface area contributed by atoms with Crippen molar-refractivity contribution in [3.63, 3.8) is 0 Å². The first-order valence-electron chi connectivity index (χ1n) is 10.8. The standard InChI is InChI=1S/C26H40O2Si2/c1-12-20-15-13-14-16-22(20)21-17-18-23(27-29(8,9)25(2,3)4)24(19-21)28-30(10,11)26(5,6)7/h12-19H,1H2,2-11H3. The van der Waals surface area contributed by atoms with Gasteiger partial charge in [-0.15, -0.1) is 0 Å². The lowest BCUT2D eigenvalue weighted by atomic mass is 9.99. The average Bonchev–Trinajstić information content (AvgIpc) is 2.60. The summed E-state index contributed by atoms with van der Waals surface area (Å²) in [4.78, 5) is 0. The van der Waals surface area contributed by atoms with Crippen molar-refractivity contribution in [1.82, 2.24) is 0 Å². The molecular formula is C26H40O2Si2. The Balaban J connectivity index is 2.61. The van der Waals surface area contributed by atoms with E-state index < -0.39 is 16.6 Å². The van der Waals surface area contributed by atoms with Crippen LogP contribution in [0.3, 0.4) is 0 Å². The van der Waals surface area contributed by atoms with Gasteiger partial charge < -0.3 is 8.85 Å². The van der Waals surface area contributed by atoms with Crippen molar-refractivity contribution in [2.45, 2.75) is 77.8 Å². The first-order chi connectivity index (χ1) is 13.6. The van der Waals surface area contributed by atoms with E-state index in [1.165, 1.54) is 0 Å². The van der Waals surface area contributed by atoms with Gasteiger partial charge in [-0.2, -0.15) is 0 Å². The zero-order chi connectivity index (χ0) is 23.0. The Hall–Kier alpha value is -1.79. The summed E-state index contributed by atoms with van der Waals surface area (Å²) in [5.41, 5.74) is 3.40. The molecule has 0 atom stereocenters. The minimum atomic E-state index is -2.03. The van der Waals surface area contributed by atoms with Crippen molar-refractivity contribution < 1.29 is 8.85 Å². The highest BCUT2D eigenvalue weighted by molar-refractivity contribution is 6.75. The number of hydrogen-bond acceptors (Lipinski definition) is 2. The predicted molar refractivity (Wildman–Crippen MR) is 138 cm³/mol. The Morgan fingerprint density at radius 2 is 1.23 bits per heavy atom. The molecule has 0 aliphatic carbocycles. The van der Waals surface area contributed by atoms with Crippen molar-refractivity contribution >= 4 is 22.7 Å². The van der Waals surface area contributed by atoms with Gasteiger partial charge in [0.2, 0.25) is 0 Å². The molecular weight excluding hydrogens is 400 g/mol. The van der Waals surface area contributed by atoms with Crippen molar-refractivity contribution in [3.05, 3.63) is 54.6 Å². The van der Waals surface area contributed by atoms with Crippen molar-refractivity contribution in [1.29, 1.82) is 0 Å². The molecule has 0 saturated carbocycles. The van der Waals surface area contributed by atoms with Crippen LogP contribution in [0, 0.1) is 0 Å². The maximum Gasteiger partial charge on any atom is 0.250 e. The summed E-state index contributed by atoms with van der Waals surface area (Å²) in [5.74, 6) is 1.73. The molecule has 164 valence electrons. The first-order valence-corrected chi connectivity index (χ1v) is 16.6. The van der Waals surface area contributed by atoms with Crippen LogP contribution < -0.4 is 8.85 Å². The van der Waals surface area contributed by atoms with E-state index in [2.05, 4.69) is 111 Å². The van der Waals surface area contributed by atoms with Crippen LogP contribution in [0.25, 0.3) is 17.2 Å². The van der Waals surface area contributed by atoms with E-state index in [1.807, 2.05) is 12.1 Å². The molecule has 2 aromatic carbocycles. The van der Waals surface area contributed by atoms with Gasteiger partial charge in [-0.25, -0.2) is 0 Å². The lowest BCUT2D eigenvalue weighted by molar-refractivity contribution is 0.441. The van der Waals surface area contributed by atoms with E-state index >= 15 is 0 Å². The Kier molecular flexibility index (Phi) is 6.85. The van der Waals surface area contributed by atoms with Gasteiger partial charge in [-0.1, -0.05) is 84.5 Å². The second kappa shape index (κ2) is 8.39. The zero-order valence-electron chi connectivity index (χ0n) is 20.6. The van der Waals surface area contributed by atoms with Gasteiger partial charge in [-0.05, 0) is 65.1 Å². The maximum absolute atomic E-state index is 6.80. The average molecular weight is 441 g/mol. The van der Waals surface area contributed by atoms with Gasteiger partial charge >= 0.3 is 0 Å². The lowest BCUT2D eigenvalue weighted by Crippen LogP contribution is -2.45. The molecule has 30 heavy (non-hydrogen) atoms. The fourth-order valence-corrected chi connectivity index (χ4v) is 4.67. The van der Waals surface area contributed by atoms with E-state index in [9.17, 15) is 0 Å². The summed E-state index contributed by atoms with van der Waals surface area (Å²) >= 11 is 0. The molecule has 0 saturated heterocycles. The van der Waals surface area contributed by atoms with Crippen LogP contribution in [-0.4, -0.2) is 16.6 Å². The second-order valence-corrected chi connectivity index (χ2v) is 20.6. The second-order valence-electron chi connectivity index (χ2n) is 11.2. The minimum Gasteiger partial charge on any atom is -0.541 e. The summed E-state index contributed by atoms with van der Waals surface area (Å²) in [7, 11) is -4.02. The Morgan fingerprint density at radius 1 is 0.733 bits per heavy atom. The molecule has 0 N–H and O–H groups in total. The van der Waals surface area contributed by atoms with Crippen LogP contribution in [0.1, 0.15) is 47.1 Å². The quantitative estimate of drug-likeness (QED) is 0.418. The van der Waals surface area contributed by atoms with Crippen molar-refractivity contribution in [3.8, 4) is 22.6 Å². The van der Waals surface area contributed by atoms with E-state index in [1.54, 1.807) is 0 Å². The van der Waals surface area contributed by atoms with E-state index in [-0.39, 0.29) is 10.1 Å². The largest absolute Gasteiger partial charge is 0.541 e. The van der Waals surface area contributed by atoms with E-state index in [0.717, 1.165) is 28.2 Å². The molecule has 2 aromatic rings. The van der Waals surface area contributed by atoms with Crippen LogP contribution in [-0.2, 0) is 0 Å². The molecule has 0 aromatic heterocycles. The van der Waals surface area contributed by atoms with E-state index in [4.69, 9.17) is 8.85 Å². The highest BCUT2D eigenvalue weighted by atomic mass is 28.4. The first kappa shape index (κ1) is 24.5. The van der Waals surface area contributed by atoms with Crippen LogP contribution >= 0.6 is 0 Å². The lowest BCUT2D eigenvalue weighted by Gasteiger charge is -2.39. The summed E-state index contributed by atoms with van der Waals surface area (Å²) < 4.78 is 13.5. The Bertz CT molecular complexity index is 900. The van der Waals surface area contributed by atoms with Gasteiger partial charge in [0.15, 0.2) is 0 Å². The molecule has 0 aliphatic heterocycles. The zero-order valence-corrected chi connectivity index (χ0v) is 22.6. The van der Waals surface area contributed by atoms with Gasteiger partial charge in [0.25, 0.3) is 16.6 Å². The summed E-state index contributed by atoms with van der Waals surface area (Å²) in [6.45, 7) is 26.7. The highest BCUT2D eigenvalue weighted by Crippen LogP contribution is 2.44. The van der Waals surface area contributed by atoms with Crippen molar-refractivity contribution in [2.75, 3.05) is 0 Å². The molecule has 0 aliphatic rings. The molecule has 0 amide bonds. The molecule has 0 bridgehead atoms. The summed E-state index contributed by atoms with van der Waals surface area (Å²) in [6.07, 6.45) is 1.91. The topological polar surface area (TPSA) is 18.5 Å².